The van der Waals surface area contributed by atoms with Gasteiger partial charge in [-0.25, -0.2) is 14.4 Å². The second-order valence-electron chi connectivity index (χ2n) is 10.7. The van der Waals surface area contributed by atoms with E-state index in [9.17, 15) is 9.18 Å². The molecular weight excluding hydrogens is 561 g/mol. The van der Waals surface area contributed by atoms with Crippen LogP contribution in [0.3, 0.4) is 0 Å². The van der Waals surface area contributed by atoms with Crippen molar-refractivity contribution in [2.75, 3.05) is 32.6 Å². The Hall–Kier alpha value is -5.23. The number of amides is 1. The number of hydrogen-bond donors (Lipinski definition) is 3. The number of anilines is 1. The lowest BCUT2D eigenvalue weighted by atomic mass is 10.1. The molecule has 44 heavy (non-hydrogen) atoms. The van der Waals surface area contributed by atoms with Crippen LogP contribution in [0.5, 0.6) is 5.75 Å². The maximum Gasteiger partial charge on any atom is 0.224 e. The molecule has 0 spiro atoms. The summed E-state index contributed by atoms with van der Waals surface area (Å²) in [6, 6.07) is 12.0. The third-order valence-corrected chi connectivity index (χ3v) is 7.06. The van der Waals surface area contributed by atoms with Gasteiger partial charge in [-0.2, -0.15) is 5.10 Å². The van der Waals surface area contributed by atoms with Gasteiger partial charge in [0, 0.05) is 42.6 Å². The monoisotopic (exact) mass is 593 g/mol. The standard InChI is InChI=1S/C32H32FN9O2/c1-4-5-6-27(43)36-22-14-20(17-34-18-22)24-7-8-26-30(37-24)31(41-40-26)32-38-25-9-10-35-28(29(25)39-32)19-13-21(33)16-23(15-19)44-12-11-42(2)3/h7-10,13-18H,4-6,11-12H2,1-3H3,(H,36,43)(H,38,39)(H,40,41). The SMILES string of the molecule is CCCCC(=O)Nc1cncc(-c2ccc3[nH]nc(-c4nc5c(-c6cc(F)cc(OCCN(C)C)c6)nccc5[nH]4)c3n2)c1. The number of imidazole rings is 1. The number of H-pyrrole nitrogens is 2. The van der Waals surface area contributed by atoms with Crippen molar-refractivity contribution in [3.8, 4) is 39.8 Å². The predicted octanol–water partition coefficient (Wildman–Crippen LogP) is 5.83. The minimum absolute atomic E-state index is 0.0450. The van der Waals surface area contributed by atoms with Crippen LogP contribution in [0.25, 0.3) is 56.1 Å². The zero-order valence-corrected chi connectivity index (χ0v) is 24.7. The van der Waals surface area contributed by atoms with Gasteiger partial charge in [-0.15, -0.1) is 0 Å². The first-order chi connectivity index (χ1) is 21.4. The molecule has 5 aromatic heterocycles. The molecule has 1 amide bonds. The summed E-state index contributed by atoms with van der Waals surface area (Å²) in [6.45, 7) is 3.18. The highest BCUT2D eigenvalue weighted by atomic mass is 19.1. The fourth-order valence-electron chi connectivity index (χ4n) is 4.82. The van der Waals surface area contributed by atoms with Crippen LogP contribution in [-0.2, 0) is 4.79 Å². The van der Waals surface area contributed by atoms with Crippen molar-refractivity contribution in [1.29, 1.82) is 0 Å². The predicted molar refractivity (Wildman–Crippen MR) is 168 cm³/mol. The normalized spacial score (nSPS) is 11.5. The van der Waals surface area contributed by atoms with Crippen LogP contribution in [0, 0.1) is 5.82 Å². The summed E-state index contributed by atoms with van der Waals surface area (Å²) in [7, 11) is 3.90. The molecule has 0 bridgehead atoms. The van der Waals surface area contributed by atoms with E-state index in [0.29, 0.717) is 76.0 Å². The topological polar surface area (TPSA) is 138 Å². The molecule has 224 valence electrons. The highest BCUT2D eigenvalue weighted by Crippen LogP contribution is 2.32. The number of aromatic nitrogens is 7. The molecule has 0 atom stereocenters. The number of rotatable bonds is 11. The van der Waals surface area contributed by atoms with Gasteiger partial charge >= 0.3 is 0 Å². The first-order valence-corrected chi connectivity index (χ1v) is 14.4. The Kier molecular flexibility index (Phi) is 8.24. The van der Waals surface area contributed by atoms with Crippen molar-refractivity contribution in [3.63, 3.8) is 0 Å². The summed E-state index contributed by atoms with van der Waals surface area (Å²) in [5.41, 5.74) is 6.22. The molecule has 3 N–H and O–H groups in total. The van der Waals surface area contributed by atoms with Crippen molar-refractivity contribution in [2.45, 2.75) is 26.2 Å². The third-order valence-electron chi connectivity index (χ3n) is 7.06. The Labute approximate surface area is 252 Å². The van der Waals surface area contributed by atoms with Crippen LogP contribution in [-0.4, -0.2) is 73.2 Å². The number of carbonyl (C=O) groups is 1. The second-order valence-corrected chi connectivity index (χ2v) is 10.7. The van der Waals surface area contributed by atoms with Gasteiger partial charge in [-0.1, -0.05) is 13.3 Å². The molecule has 11 nitrogen and oxygen atoms in total. The molecular formula is C32H32FN9O2. The van der Waals surface area contributed by atoms with Crippen LogP contribution < -0.4 is 10.1 Å². The van der Waals surface area contributed by atoms with Crippen LogP contribution in [0.4, 0.5) is 10.1 Å². The van der Waals surface area contributed by atoms with E-state index in [1.165, 1.54) is 12.1 Å². The quantitative estimate of drug-likeness (QED) is 0.171. The number of benzene rings is 1. The number of fused-ring (bicyclic) bond motifs is 2. The molecule has 5 heterocycles. The van der Waals surface area contributed by atoms with E-state index in [0.717, 1.165) is 23.9 Å². The summed E-state index contributed by atoms with van der Waals surface area (Å²) in [4.78, 5) is 36.1. The maximum atomic E-state index is 14.6. The zero-order chi connectivity index (χ0) is 30.6. The highest BCUT2D eigenvalue weighted by Gasteiger charge is 2.18. The van der Waals surface area contributed by atoms with Gasteiger partial charge in [0.05, 0.1) is 34.3 Å². The first kappa shape index (κ1) is 28.9. The first-order valence-electron chi connectivity index (χ1n) is 14.4. The molecule has 6 aromatic rings. The minimum Gasteiger partial charge on any atom is -0.492 e. The largest absolute Gasteiger partial charge is 0.492 e. The van der Waals surface area contributed by atoms with E-state index in [2.05, 4.69) is 30.5 Å². The summed E-state index contributed by atoms with van der Waals surface area (Å²) in [5, 5.41) is 10.4. The molecule has 0 aliphatic heterocycles. The lowest BCUT2D eigenvalue weighted by Gasteiger charge is -2.12. The molecule has 12 heteroatoms. The van der Waals surface area contributed by atoms with E-state index in [-0.39, 0.29) is 5.91 Å². The van der Waals surface area contributed by atoms with Crippen LogP contribution in [0.2, 0.25) is 0 Å². The number of halogens is 1. The van der Waals surface area contributed by atoms with Gasteiger partial charge in [0.2, 0.25) is 5.91 Å². The highest BCUT2D eigenvalue weighted by molar-refractivity contribution is 5.95. The average Bonchev–Trinajstić information content (AvgIpc) is 3.63. The molecule has 0 unspecified atom stereocenters. The summed E-state index contributed by atoms with van der Waals surface area (Å²) in [6.07, 6.45) is 7.21. The number of nitrogens with zero attached hydrogens (tertiary/aromatic N) is 6. The minimum atomic E-state index is -0.425. The van der Waals surface area contributed by atoms with Gasteiger partial charge in [0.15, 0.2) is 11.5 Å². The number of likely N-dealkylation sites (N-methyl/N-ethyl adjacent to an activating group) is 1. The second kappa shape index (κ2) is 12.6. The molecule has 1 aromatic carbocycles. The third kappa shape index (κ3) is 6.25. The average molecular weight is 594 g/mol. The van der Waals surface area contributed by atoms with Gasteiger partial charge < -0.3 is 19.9 Å². The molecule has 0 radical (unpaired) electrons. The number of unbranched alkanes of at least 4 members (excludes halogenated alkanes) is 1. The van der Waals surface area contributed by atoms with Gasteiger partial charge in [-0.05, 0) is 56.9 Å². The fourth-order valence-corrected chi connectivity index (χ4v) is 4.82. The van der Waals surface area contributed by atoms with E-state index in [4.69, 9.17) is 14.7 Å². The number of hydrogen-bond acceptors (Lipinski definition) is 8. The van der Waals surface area contributed by atoms with Crippen molar-refractivity contribution in [3.05, 3.63) is 66.9 Å². The molecule has 0 aliphatic rings. The molecule has 0 saturated heterocycles. The number of carbonyl (C=O) groups excluding carboxylic acids is 1. The Bertz CT molecular complexity index is 1950. The molecule has 0 aliphatic carbocycles. The Morgan fingerprint density at radius 1 is 1.00 bits per heavy atom. The van der Waals surface area contributed by atoms with Crippen molar-refractivity contribution < 1.29 is 13.9 Å². The Morgan fingerprint density at radius 3 is 2.70 bits per heavy atom. The molecule has 0 saturated carbocycles. The van der Waals surface area contributed by atoms with Crippen LogP contribution in [0.15, 0.2) is 61.1 Å². The smallest absolute Gasteiger partial charge is 0.224 e. The van der Waals surface area contributed by atoms with Gasteiger partial charge in [0.1, 0.15) is 29.2 Å². The van der Waals surface area contributed by atoms with E-state index >= 15 is 0 Å². The van der Waals surface area contributed by atoms with E-state index in [1.807, 2.05) is 50.2 Å². The fraction of sp³-hybridized carbons (Fsp3) is 0.250. The van der Waals surface area contributed by atoms with Crippen molar-refractivity contribution in [1.82, 2.24) is 40.0 Å². The lowest BCUT2D eigenvalue weighted by Crippen LogP contribution is -2.19. The summed E-state index contributed by atoms with van der Waals surface area (Å²) >= 11 is 0. The van der Waals surface area contributed by atoms with Gasteiger partial charge in [-0.3, -0.25) is 19.9 Å². The lowest BCUT2D eigenvalue weighted by molar-refractivity contribution is -0.116. The molecule has 0 fully saturated rings. The Morgan fingerprint density at radius 2 is 1.86 bits per heavy atom. The summed E-state index contributed by atoms with van der Waals surface area (Å²) < 4.78 is 20.4. The number of nitrogens with one attached hydrogen (secondary N) is 3. The summed E-state index contributed by atoms with van der Waals surface area (Å²) in [5.74, 6) is 0.437. The number of pyridine rings is 3. The van der Waals surface area contributed by atoms with E-state index in [1.54, 1.807) is 24.7 Å². The number of ether oxygens (including phenoxy) is 1. The maximum absolute atomic E-state index is 14.6. The van der Waals surface area contributed by atoms with Gasteiger partial charge in [0.25, 0.3) is 0 Å². The van der Waals surface area contributed by atoms with Crippen molar-refractivity contribution >= 4 is 33.7 Å². The van der Waals surface area contributed by atoms with E-state index < -0.39 is 5.82 Å². The number of aromatic amines is 2. The Balaban J connectivity index is 1.33. The van der Waals surface area contributed by atoms with Crippen LogP contribution >= 0.6 is 0 Å². The van der Waals surface area contributed by atoms with Crippen LogP contribution in [0.1, 0.15) is 26.2 Å². The van der Waals surface area contributed by atoms with Crippen molar-refractivity contribution in [2.24, 2.45) is 0 Å². The zero-order valence-electron chi connectivity index (χ0n) is 24.7. The molecule has 6 rings (SSSR count).